The number of fused-ring (bicyclic) bond motifs is 3. The highest BCUT2D eigenvalue weighted by atomic mass is 16.5. The zero-order valence-corrected chi connectivity index (χ0v) is 20.8. The van der Waals surface area contributed by atoms with E-state index in [1.165, 1.54) is 7.11 Å². The molecule has 1 aromatic heterocycles. The Morgan fingerprint density at radius 3 is 2.44 bits per heavy atom. The molecule has 2 atom stereocenters. The molecule has 1 aliphatic heterocycles. The third kappa shape index (κ3) is 4.13. The maximum atomic E-state index is 12.6. The zero-order chi connectivity index (χ0) is 25.4. The van der Waals surface area contributed by atoms with Crippen molar-refractivity contribution in [3.05, 3.63) is 59.4 Å². The number of amides is 1. The average molecular weight is 492 g/mol. The minimum atomic E-state index is -0.729. The molecule has 2 N–H and O–H groups in total. The quantitative estimate of drug-likeness (QED) is 0.527. The second-order valence-electron chi connectivity index (χ2n) is 9.99. The Morgan fingerprint density at radius 1 is 1.08 bits per heavy atom. The Labute approximate surface area is 210 Å². The lowest BCUT2D eigenvalue weighted by Gasteiger charge is -2.34. The summed E-state index contributed by atoms with van der Waals surface area (Å²) in [4.78, 5) is 31.0. The van der Waals surface area contributed by atoms with Crippen LogP contribution in [0.15, 0.2) is 42.5 Å². The van der Waals surface area contributed by atoms with E-state index in [2.05, 4.69) is 4.57 Å². The van der Waals surface area contributed by atoms with Crippen LogP contribution in [0.4, 0.5) is 10.5 Å². The van der Waals surface area contributed by atoms with Gasteiger partial charge in [0.05, 0.1) is 42.3 Å². The molecular formula is C28H33N3O5. The van der Waals surface area contributed by atoms with Crippen molar-refractivity contribution in [1.29, 1.82) is 0 Å². The van der Waals surface area contributed by atoms with Crippen LogP contribution in [-0.2, 0) is 16.0 Å². The smallest absolute Gasteiger partial charge is 0.414 e. The summed E-state index contributed by atoms with van der Waals surface area (Å²) in [7, 11) is 1.40. The SMILES string of the molecule is COC(=O)N1c2ccc3c(nc(C(CO)c4ccccc4)n3C3CCC(C(=O)O)CC3)c2CC[C@@H]1C. The highest BCUT2D eigenvalue weighted by molar-refractivity contribution is 5.95. The van der Waals surface area contributed by atoms with Gasteiger partial charge in [0.1, 0.15) is 5.82 Å². The van der Waals surface area contributed by atoms with Gasteiger partial charge in [0.25, 0.3) is 0 Å². The number of methoxy groups -OCH3 is 1. The molecule has 190 valence electrons. The molecule has 0 radical (unpaired) electrons. The predicted molar refractivity (Wildman–Crippen MR) is 136 cm³/mol. The number of aryl methyl sites for hydroxylation is 1. The predicted octanol–water partition coefficient (Wildman–Crippen LogP) is 4.88. The van der Waals surface area contributed by atoms with Gasteiger partial charge in [0.15, 0.2) is 0 Å². The minimum Gasteiger partial charge on any atom is -0.481 e. The number of imidazole rings is 1. The van der Waals surface area contributed by atoms with E-state index in [-0.39, 0.29) is 36.6 Å². The number of anilines is 1. The van der Waals surface area contributed by atoms with Crippen LogP contribution in [0, 0.1) is 5.92 Å². The number of carbonyl (C=O) groups is 2. The Balaban J connectivity index is 1.67. The van der Waals surface area contributed by atoms with Crippen LogP contribution in [0.5, 0.6) is 0 Å². The molecule has 36 heavy (non-hydrogen) atoms. The number of aliphatic hydroxyl groups excluding tert-OH is 1. The fourth-order valence-electron chi connectivity index (χ4n) is 6.02. The first kappa shape index (κ1) is 24.3. The van der Waals surface area contributed by atoms with Gasteiger partial charge in [-0.15, -0.1) is 0 Å². The van der Waals surface area contributed by atoms with Crippen LogP contribution in [0.3, 0.4) is 0 Å². The molecule has 8 heteroatoms. The highest BCUT2D eigenvalue weighted by Gasteiger charge is 2.35. The van der Waals surface area contributed by atoms with Crippen molar-refractivity contribution in [3.8, 4) is 0 Å². The number of benzene rings is 2. The number of hydrogen-bond donors (Lipinski definition) is 2. The maximum Gasteiger partial charge on any atom is 0.414 e. The molecule has 8 nitrogen and oxygen atoms in total. The van der Waals surface area contributed by atoms with E-state index in [1.54, 1.807) is 4.90 Å². The van der Waals surface area contributed by atoms with E-state index in [4.69, 9.17) is 9.72 Å². The van der Waals surface area contributed by atoms with Gasteiger partial charge in [-0.05, 0) is 63.1 Å². The second-order valence-corrected chi connectivity index (χ2v) is 9.99. The molecule has 1 fully saturated rings. The van der Waals surface area contributed by atoms with Gasteiger partial charge in [-0.1, -0.05) is 30.3 Å². The van der Waals surface area contributed by atoms with Crippen LogP contribution < -0.4 is 4.90 Å². The topological polar surface area (TPSA) is 105 Å². The largest absolute Gasteiger partial charge is 0.481 e. The number of carboxylic acid groups (broad SMARTS) is 1. The van der Waals surface area contributed by atoms with Crippen LogP contribution in [0.25, 0.3) is 11.0 Å². The molecule has 0 bridgehead atoms. The summed E-state index contributed by atoms with van der Waals surface area (Å²) in [5.41, 5.74) is 4.63. The second kappa shape index (κ2) is 9.93. The van der Waals surface area contributed by atoms with E-state index < -0.39 is 5.97 Å². The summed E-state index contributed by atoms with van der Waals surface area (Å²) in [6, 6.07) is 14.0. The van der Waals surface area contributed by atoms with E-state index in [9.17, 15) is 19.8 Å². The molecule has 5 rings (SSSR count). The van der Waals surface area contributed by atoms with Crippen molar-refractivity contribution in [3.63, 3.8) is 0 Å². The molecule has 2 aromatic carbocycles. The monoisotopic (exact) mass is 491 g/mol. The van der Waals surface area contributed by atoms with Crippen molar-refractivity contribution >= 4 is 28.8 Å². The van der Waals surface area contributed by atoms with Crippen molar-refractivity contribution in [2.24, 2.45) is 5.92 Å². The molecule has 3 aromatic rings. The van der Waals surface area contributed by atoms with E-state index >= 15 is 0 Å². The van der Waals surface area contributed by atoms with Gasteiger partial charge in [-0.2, -0.15) is 0 Å². The normalized spacial score (nSPS) is 22.8. The molecule has 2 aliphatic rings. The summed E-state index contributed by atoms with van der Waals surface area (Å²) in [5, 5.41) is 20.0. The molecule has 1 unspecified atom stereocenters. The molecule has 0 spiro atoms. The Morgan fingerprint density at radius 2 is 1.81 bits per heavy atom. The number of nitrogens with zero attached hydrogens (tertiary/aromatic N) is 3. The maximum absolute atomic E-state index is 12.6. The number of aromatic nitrogens is 2. The number of hydrogen-bond acceptors (Lipinski definition) is 5. The number of carbonyl (C=O) groups excluding carboxylic acids is 1. The van der Waals surface area contributed by atoms with Crippen molar-refractivity contribution < 1.29 is 24.5 Å². The Bertz CT molecular complexity index is 1260. The third-order valence-electron chi connectivity index (χ3n) is 7.96. The number of rotatable bonds is 5. The van der Waals surface area contributed by atoms with Gasteiger partial charge in [-0.25, -0.2) is 9.78 Å². The van der Waals surface area contributed by atoms with Crippen molar-refractivity contribution in [2.45, 2.75) is 63.5 Å². The number of carboxylic acids is 1. The minimum absolute atomic E-state index is 0.0183. The van der Waals surface area contributed by atoms with Crippen molar-refractivity contribution in [1.82, 2.24) is 9.55 Å². The summed E-state index contributed by atoms with van der Waals surface area (Å²) < 4.78 is 7.31. The van der Waals surface area contributed by atoms with Crippen molar-refractivity contribution in [2.75, 3.05) is 18.6 Å². The lowest BCUT2D eigenvalue weighted by Crippen LogP contribution is -2.42. The standard InChI is InChI=1S/C28H33N3O5/c1-17-8-13-21-23(30(17)28(35)36-2)14-15-24-25(21)29-26(22(16-32)18-6-4-3-5-7-18)31(24)20-11-9-19(10-12-20)27(33)34/h3-7,14-15,17,19-20,22,32H,8-13,16H2,1-2H3,(H,33,34)/t17-,19?,20?,22?/m0/s1. The first-order valence-corrected chi connectivity index (χ1v) is 12.7. The van der Waals surface area contributed by atoms with Gasteiger partial charge >= 0.3 is 12.1 Å². The third-order valence-corrected chi connectivity index (χ3v) is 7.96. The summed E-state index contributed by atoms with van der Waals surface area (Å²) >= 11 is 0. The first-order chi connectivity index (χ1) is 17.4. The summed E-state index contributed by atoms with van der Waals surface area (Å²) in [6.07, 6.45) is 3.93. The number of aliphatic carboxylic acids is 1. The van der Waals surface area contributed by atoms with Gasteiger partial charge < -0.3 is 19.5 Å². The van der Waals surface area contributed by atoms with Gasteiger partial charge in [-0.3, -0.25) is 9.69 Å². The van der Waals surface area contributed by atoms with Crippen LogP contribution >= 0.6 is 0 Å². The molecular weight excluding hydrogens is 458 g/mol. The lowest BCUT2D eigenvalue weighted by molar-refractivity contribution is -0.143. The van der Waals surface area contributed by atoms with Crippen LogP contribution in [0.1, 0.15) is 67.9 Å². The molecule has 0 saturated heterocycles. The zero-order valence-electron chi connectivity index (χ0n) is 20.8. The fraction of sp³-hybridized carbons (Fsp3) is 0.464. The summed E-state index contributed by atoms with van der Waals surface area (Å²) in [6.45, 7) is 1.93. The molecule has 1 aliphatic carbocycles. The average Bonchev–Trinajstić information content (AvgIpc) is 3.28. The van der Waals surface area contributed by atoms with Gasteiger partial charge in [0, 0.05) is 17.6 Å². The lowest BCUT2D eigenvalue weighted by atomic mass is 9.85. The Kier molecular flexibility index (Phi) is 6.71. The van der Waals surface area contributed by atoms with Gasteiger partial charge in [0.2, 0.25) is 0 Å². The Hall–Kier alpha value is -3.39. The van der Waals surface area contributed by atoms with Crippen LogP contribution in [-0.4, -0.2) is 51.6 Å². The molecule has 2 heterocycles. The number of aliphatic hydroxyl groups is 1. The van der Waals surface area contributed by atoms with E-state index in [0.29, 0.717) is 12.8 Å². The first-order valence-electron chi connectivity index (χ1n) is 12.7. The molecule has 1 amide bonds. The van der Waals surface area contributed by atoms with Crippen LogP contribution in [0.2, 0.25) is 0 Å². The molecule has 1 saturated carbocycles. The fourth-order valence-corrected chi connectivity index (χ4v) is 6.02. The highest BCUT2D eigenvalue weighted by Crippen LogP contribution is 2.42. The number of ether oxygens (including phenoxy) is 1. The summed E-state index contributed by atoms with van der Waals surface area (Å²) in [5.74, 6) is -0.572. The van der Waals surface area contributed by atoms with E-state index in [1.807, 2.05) is 49.4 Å². The van der Waals surface area contributed by atoms with E-state index in [0.717, 1.165) is 59.4 Å².